The molecule has 1 aliphatic heterocycles. The van der Waals surface area contributed by atoms with E-state index in [1.54, 1.807) is 0 Å². The van der Waals surface area contributed by atoms with Crippen LogP contribution in [0.15, 0.2) is 12.4 Å². The summed E-state index contributed by atoms with van der Waals surface area (Å²) in [5.74, 6) is -0.816. The molecular formula is C9H11N5O3. The second-order valence-corrected chi connectivity index (χ2v) is 3.65. The smallest absolute Gasteiger partial charge is 0.322 e. The average Bonchev–Trinajstić information content (AvgIpc) is 2.83. The molecule has 2 N–H and O–H groups in total. The SMILES string of the molecule is CN1CC(=O)N(CC(=O)Nc2cn[nH]c2)C1=O. The van der Waals surface area contributed by atoms with E-state index in [0.717, 1.165) is 4.90 Å². The summed E-state index contributed by atoms with van der Waals surface area (Å²) in [6, 6.07) is -0.461. The van der Waals surface area contributed by atoms with E-state index < -0.39 is 11.9 Å². The summed E-state index contributed by atoms with van der Waals surface area (Å²) in [5, 5.41) is 8.69. The fourth-order valence-corrected chi connectivity index (χ4v) is 1.49. The van der Waals surface area contributed by atoms with E-state index in [1.807, 2.05) is 0 Å². The fourth-order valence-electron chi connectivity index (χ4n) is 1.49. The minimum absolute atomic E-state index is 0.0117. The van der Waals surface area contributed by atoms with E-state index in [4.69, 9.17) is 0 Å². The van der Waals surface area contributed by atoms with Crippen molar-refractivity contribution >= 4 is 23.5 Å². The van der Waals surface area contributed by atoms with Crippen molar-refractivity contribution in [2.45, 2.75) is 0 Å². The molecule has 0 spiro atoms. The topological polar surface area (TPSA) is 98.4 Å². The number of aromatic nitrogens is 2. The van der Waals surface area contributed by atoms with Crippen LogP contribution in [0.3, 0.4) is 0 Å². The van der Waals surface area contributed by atoms with Gasteiger partial charge in [0.15, 0.2) is 0 Å². The predicted molar refractivity (Wildman–Crippen MR) is 57.0 cm³/mol. The Labute approximate surface area is 96.6 Å². The molecule has 8 nitrogen and oxygen atoms in total. The van der Waals surface area contributed by atoms with Gasteiger partial charge in [-0.25, -0.2) is 4.79 Å². The van der Waals surface area contributed by atoms with Crippen LogP contribution in [-0.2, 0) is 9.59 Å². The van der Waals surface area contributed by atoms with Crippen LogP contribution >= 0.6 is 0 Å². The number of imide groups is 1. The van der Waals surface area contributed by atoms with Crippen LogP contribution < -0.4 is 5.32 Å². The van der Waals surface area contributed by atoms with Crippen molar-refractivity contribution in [3.05, 3.63) is 12.4 Å². The van der Waals surface area contributed by atoms with Gasteiger partial charge in [-0.15, -0.1) is 0 Å². The van der Waals surface area contributed by atoms with Gasteiger partial charge in [0.05, 0.1) is 11.9 Å². The van der Waals surface area contributed by atoms with Gasteiger partial charge >= 0.3 is 6.03 Å². The molecule has 1 aliphatic rings. The molecular weight excluding hydrogens is 226 g/mol. The number of nitrogens with zero attached hydrogens (tertiary/aromatic N) is 3. The maximum atomic E-state index is 11.5. The van der Waals surface area contributed by atoms with Gasteiger partial charge in [-0.05, 0) is 0 Å². The van der Waals surface area contributed by atoms with E-state index in [-0.39, 0.29) is 19.0 Å². The molecule has 1 aromatic heterocycles. The van der Waals surface area contributed by atoms with Gasteiger partial charge in [0.25, 0.3) is 5.91 Å². The Bertz CT molecular complexity index is 455. The highest BCUT2D eigenvalue weighted by Gasteiger charge is 2.34. The summed E-state index contributed by atoms with van der Waals surface area (Å²) < 4.78 is 0. The molecule has 1 saturated heterocycles. The summed E-state index contributed by atoms with van der Waals surface area (Å²) in [4.78, 5) is 36.6. The zero-order valence-corrected chi connectivity index (χ0v) is 9.14. The van der Waals surface area contributed by atoms with Crippen molar-refractivity contribution in [3.8, 4) is 0 Å². The minimum atomic E-state index is -0.461. The maximum Gasteiger partial charge on any atom is 0.327 e. The number of aromatic amines is 1. The number of anilines is 1. The molecule has 2 rings (SSSR count). The van der Waals surface area contributed by atoms with Crippen molar-refractivity contribution in [3.63, 3.8) is 0 Å². The number of carbonyl (C=O) groups is 3. The first-order chi connectivity index (χ1) is 8.08. The molecule has 2 heterocycles. The lowest BCUT2D eigenvalue weighted by atomic mass is 10.4. The Morgan fingerprint density at radius 3 is 2.88 bits per heavy atom. The Balaban J connectivity index is 1.95. The van der Waals surface area contributed by atoms with Crippen LogP contribution in [0, 0.1) is 0 Å². The Morgan fingerprint density at radius 2 is 2.35 bits per heavy atom. The summed E-state index contributed by atoms with van der Waals surface area (Å²) in [5.41, 5.74) is 0.488. The van der Waals surface area contributed by atoms with E-state index in [9.17, 15) is 14.4 Å². The highest BCUT2D eigenvalue weighted by molar-refractivity contribution is 6.06. The second-order valence-electron chi connectivity index (χ2n) is 3.65. The minimum Gasteiger partial charge on any atom is -0.322 e. The van der Waals surface area contributed by atoms with E-state index in [0.29, 0.717) is 5.69 Å². The number of nitrogens with one attached hydrogen (secondary N) is 2. The molecule has 4 amide bonds. The molecule has 8 heteroatoms. The normalized spacial score (nSPS) is 15.6. The van der Waals surface area contributed by atoms with E-state index >= 15 is 0 Å². The third kappa shape index (κ3) is 2.25. The maximum absolute atomic E-state index is 11.5. The van der Waals surface area contributed by atoms with Crippen LogP contribution in [0.25, 0.3) is 0 Å². The number of carbonyl (C=O) groups excluding carboxylic acids is 3. The van der Waals surface area contributed by atoms with Crippen molar-refractivity contribution in [1.82, 2.24) is 20.0 Å². The molecule has 0 bridgehead atoms. The molecule has 90 valence electrons. The quantitative estimate of drug-likeness (QED) is 0.675. The molecule has 0 radical (unpaired) electrons. The molecule has 0 aliphatic carbocycles. The molecule has 1 fully saturated rings. The first-order valence-electron chi connectivity index (χ1n) is 4.92. The lowest BCUT2D eigenvalue weighted by Crippen LogP contribution is -2.38. The van der Waals surface area contributed by atoms with Crippen LogP contribution in [0.1, 0.15) is 0 Å². The number of urea groups is 1. The fraction of sp³-hybridized carbons (Fsp3) is 0.333. The summed E-state index contributed by atoms with van der Waals surface area (Å²) in [6.07, 6.45) is 2.93. The van der Waals surface area contributed by atoms with Crippen LogP contribution in [0.2, 0.25) is 0 Å². The second kappa shape index (κ2) is 4.24. The summed E-state index contributed by atoms with van der Waals surface area (Å²) in [6.45, 7) is -0.273. The number of amides is 4. The molecule has 1 aromatic rings. The van der Waals surface area contributed by atoms with Gasteiger partial charge in [0.1, 0.15) is 13.1 Å². The monoisotopic (exact) mass is 237 g/mol. The van der Waals surface area contributed by atoms with Gasteiger partial charge in [0.2, 0.25) is 5.91 Å². The highest BCUT2D eigenvalue weighted by atomic mass is 16.2. The highest BCUT2D eigenvalue weighted by Crippen LogP contribution is 2.08. The molecule has 0 unspecified atom stereocenters. The number of hydrogen-bond donors (Lipinski definition) is 2. The van der Waals surface area contributed by atoms with Crippen LogP contribution in [0.4, 0.5) is 10.5 Å². The van der Waals surface area contributed by atoms with Crippen molar-refractivity contribution in [2.24, 2.45) is 0 Å². The zero-order chi connectivity index (χ0) is 12.4. The molecule has 17 heavy (non-hydrogen) atoms. The van der Waals surface area contributed by atoms with Crippen molar-refractivity contribution < 1.29 is 14.4 Å². The summed E-state index contributed by atoms with van der Waals surface area (Å²) >= 11 is 0. The van der Waals surface area contributed by atoms with E-state index in [2.05, 4.69) is 15.5 Å². The lowest BCUT2D eigenvalue weighted by Gasteiger charge is -2.13. The van der Waals surface area contributed by atoms with Gasteiger partial charge in [-0.1, -0.05) is 0 Å². The average molecular weight is 237 g/mol. The lowest BCUT2D eigenvalue weighted by molar-refractivity contribution is -0.129. The molecule has 0 atom stereocenters. The number of rotatable bonds is 3. The number of H-pyrrole nitrogens is 1. The van der Waals surface area contributed by atoms with Gasteiger partial charge in [0, 0.05) is 13.2 Å². The van der Waals surface area contributed by atoms with Gasteiger partial charge in [-0.3, -0.25) is 19.6 Å². The first-order valence-corrected chi connectivity index (χ1v) is 4.92. The standard InChI is InChI=1S/C9H11N5O3/c1-13-5-8(16)14(9(13)17)4-7(15)12-6-2-10-11-3-6/h2-3H,4-5H2,1H3,(H,10,11)(H,12,15). The van der Waals surface area contributed by atoms with Crippen molar-refractivity contribution in [1.29, 1.82) is 0 Å². The number of likely N-dealkylation sites (N-methyl/N-ethyl adjacent to an activating group) is 1. The predicted octanol–water partition coefficient (Wildman–Crippen LogP) is -0.758. The Kier molecular flexibility index (Phi) is 2.77. The summed E-state index contributed by atoms with van der Waals surface area (Å²) in [7, 11) is 1.51. The largest absolute Gasteiger partial charge is 0.327 e. The zero-order valence-electron chi connectivity index (χ0n) is 9.14. The van der Waals surface area contributed by atoms with Crippen LogP contribution in [0.5, 0.6) is 0 Å². The van der Waals surface area contributed by atoms with Gasteiger partial charge < -0.3 is 10.2 Å². The van der Waals surface area contributed by atoms with Crippen LogP contribution in [-0.4, -0.2) is 58.0 Å². The first kappa shape index (κ1) is 11.1. The number of hydrogen-bond acceptors (Lipinski definition) is 4. The third-order valence-corrected chi connectivity index (χ3v) is 2.31. The Morgan fingerprint density at radius 1 is 1.59 bits per heavy atom. The van der Waals surface area contributed by atoms with E-state index in [1.165, 1.54) is 24.3 Å². The molecule has 0 saturated carbocycles. The third-order valence-electron chi connectivity index (χ3n) is 2.31. The Hall–Kier alpha value is -2.38. The van der Waals surface area contributed by atoms with Gasteiger partial charge in [-0.2, -0.15) is 5.10 Å². The molecule has 0 aromatic carbocycles. The van der Waals surface area contributed by atoms with Crippen molar-refractivity contribution in [2.75, 3.05) is 25.5 Å².